The third-order valence-corrected chi connectivity index (χ3v) is 4.31. The topological polar surface area (TPSA) is 55.6 Å². The third kappa shape index (κ3) is 2.77. The maximum atomic E-state index is 4.80. The van der Waals surface area contributed by atoms with Crippen LogP contribution in [0.5, 0.6) is 0 Å². The van der Waals surface area contributed by atoms with Gasteiger partial charge in [0.05, 0.1) is 0 Å². The zero-order chi connectivity index (χ0) is 14.1. The van der Waals surface area contributed by atoms with Crippen LogP contribution in [0.2, 0.25) is 0 Å². The molecule has 0 amide bonds. The van der Waals surface area contributed by atoms with Crippen molar-refractivity contribution < 1.29 is 0 Å². The van der Waals surface area contributed by atoms with Gasteiger partial charge in [-0.1, -0.05) is 0 Å². The molecule has 2 aliphatic rings. The van der Waals surface area contributed by atoms with E-state index < -0.39 is 0 Å². The van der Waals surface area contributed by atoms with E-state index in [0.29, 0.717) is 5.92 Å². The number of hydrogen-bond acceptors (Lipinski definition) is 4. The van der Waals surface area contributed by atoms with E-state index in [1.165, 1.54) is 30.5 Å². The number of nitrogens with zero attached hydrogens (tertiary/aromatic N) is 4. The lowest BCUT2D eigenvalue weighted by Crippen LogP contribution is -2.11. The van der Waals surface area contributed by atoms with E-state index in [0.717, 1.165) is 44.0 Å². The summed E-state index contributed by atoms with van der Waals surface area (Å²) in [7, 11) is 0. The van der Waals surface area contributed by atoms with Crippen LogP contribution in [0, 0.1) is 0 Å². The molecule has 21 heavy (non-hydrogen) atoms. The predicted molar refractivity (Wildman–Crippen MR) is 81.4 cm³/mol. The van der Waals surface area contributed by atoms with Crippen molar-refractivity contribution in [1.29, 1.82) is 0 Å². The van der Waals surface area contributed by atoms with Gasteiger partial charge in [-0.25, -0.2) is 9.97 Å². The number of aromatic nitrogens is 4. The molecule has 0 spiro atoms. The van der Waals surface area contributed by atoms with Crippen LogP contribution < -0.4 is 5.32 Å². The maximum absolute atomic E-state index is 4.80. The normalized spacial score (nSPS) is 17.0. The zero-order valence-electron chi connectivity index (χ0n) is 12.3. The van der Waals surface area contributed by atoms with Crippen LogP contribution in [0.15, 0.2) is 18.5 Å². The second kappa shape index (κ2) is 5.47. The summed E-state index contributed by atoms with van der Waals surface area (Å²) < 4.78 is 1.97. The van der Waals surface area contributed by atoms with Gasteiger partial charge >= 0.3 is 0 Å². The maximum Gasteiger partial charge on any atom is 0.134 e. The molecule has 110 valence electrons. The lowest BCUT2D eigenvalue weighted by Gasteiger charge is -2.12. The van der Waals surface area contributed by atoms with Crippen LogP contribution in [-0.4, -0.2) is 26.3 Å². The van der Waals surface area contributed by atoms with Crippen LogP contribution in [0.4, 0.5) is 5.82 Å². The summed E-state index contributed by atoms with van der Waals surface area (Å²) in [5.74, 6) is 2.80. The molecule has 5 heteroatoms. The highest BCUT2D eigenvalue weighted by Crippen LogP contribution is 2.40. The second-order valence-electron chi connectivity index (χ2n) is 6.03. The molecule has 1 fully saturated rings. The van der Waals surface area contributed by atoms with Crippen LogP contribution in [0.25, 0.3) is 0 Å². The largest absolute Gasteiger partial charge is 0.370 e. The van der Waals surface area contributed by atoms with Crippen molar-refractivity contribution in [2.75, 3.05) is 11.9 Å². The highest BCUT2D eigenvalue weighted by Gasteiger charge is 2.29. The van der Waals surface area contributed by atoms with E-state index >= 15 is 0 Å². The van der Waals surface area contributed by atoms with E-state index in [1.54, 1.807) is 0 Å². The Labute approximate surface area is 124 Å². The molecule has 0 saturated heterocycles. The van der Waals surface area contributed by atoms with Gasteiger partial charge in [0.1, 0.15) is 11.6 Å². The molecule has 1 saturated carbocycles. The van der Waals surface area contributed by atoms with Crippen LogP contribution in [0.1, 0.15) is 48.7 Å². The molecule has 0 aromatic carbocycles. The fraction of sp³-hybridized carbons (Fsp3) is 0.562. The average molecular weight is 283 g/mol. The first-order valence-corrected chi connectivity index (χ1v) is 8.01. The van der Waals surface area contributed by atoms with Gasteiger partial charge in [-0.3, -0.25) is 4.68 Å². The van der Waals surface area contributed by atoms with Gasteiger partial charge in [0.15, 0.2) is 0 Å². The summed E-state index contributed by atoms with van der Waals surface area (Å²) in [6, 6.07) is 1.96. The predicted octanol–water partition coefficient (Wildman–Crippen LogP) is 2.54. The molecule has 0 bridgehead atoms. The Morgan fingerprint density at radius 3 is 3.00 bits per heavy atom. The van der Waals surface area contributed by atoms with Crippen molar-refractivity contribution >= 4 is 5.82 Å². The SMILES string of the molecule is c1cnn(CCCNc2nc(C3CC3)nc3c2CCC3)c1. The standard InChI is InChI=1S/C16H21N5/c1-4-13-14(5-1)19-15(12-6-7-12)20-16(13)17-8-2-10-21-11-3-9-18-21/h3,9,11-12H,1-2,4-8,10H2,(H,17,19,20). The van der Waals surface area contributed by atoms with Gasteiger partial charge in [0.2, 0.25) is 0 Å². The average Bonchev–Trinajstić information content (AvgIpc) is 3.02. The van der Waals surface area contributed by atoms with Gasteiger partial charge in [-0.15, -0.1) is 0 Å². The van der Waals surface area contributed by atoms with Gasteiger partial charge in [0, 0.05) is 42.7 Å². The molecule has 0 atom stereocenters. The number of rotatable bonds is 6. The van der Waals surface area contributed by atoms with Crippen molar-refractivity contribution in [3.05, 3.63) is 35.5 Å². The zero-order valence-corrected chi connectivity index (χ0v) is 12.3. The highest BCUT2D eigenvalue weighted by atomic mass is 15.3. The molecular formula is C16H21N5. The first-order chi connectivity index (χ1) is 10.4. The number of nitrogens with one attached hydrogen (secondary N) is 1. The molecule has 0 unspecified atom stereocenters. The molecular weight excluding hydrogens is 262 g/mol. The Morgan fingerprint density at radius 2 is 2.19 bits per heavy atom. The summed E-state index contributed by atoms with van der Waals surface area (Å²) in [4.78, 5) is 9.58. The van der Waals surface area contributed by atoms with Gasteiger partial charge in [-0.05, 0) is 44.6 Å². The van der Waals surface area contributed by atoms with Gasteiger partial charge in [-0.2, -0.15) is 5.10 Å². The molecule has 1 N–H and O–H groups in total. The molecule has 2 heterocycles. The summed E-state index contributed by atoms with van der Waals surface area (Å²) >= 11 is 0. The summed E-state index contributed by atoms with van der Waals surface area (Å²) in [5, 5.41) is 7.77. The first kappa shape index (κ1) is 12.8. The Kier molecular flexibility index (Phi) is 3.33. The lowest BCUT2D eigenvalue weighted by molar-refractivity contribution is 0.591. The summed E-state index contributed by atoms with van der Waals surface area (Å²) in [5.41, 5.74) is 2.65. The van der Waals surface area contributed by atoms with Gasteiger partial charge < -0.3 is 5.32 Å². The van der Waals surface area contributed by atoms with E-state index in [4.69, 9.17) is 9.97 Å². The summed E-state index contributed by atoms with van der Waals surface area (Å²) in [6.07, 6.45) is 10.9. The minimum absolute atomic E-state index is 0.625. The molecule has 0 aliphatic heterocycles. The molecule has 2 aromatic heterocycles. The van der Waals surface area contributed by atoms with Crippen molar-refractivity contribution in [3.63, 3.8) is 0 Å². The molecule has 0 radical (unpaired) electrons. The Bertz CT molecular complexity index is 616. The van der Waals surface area contributed by atoms with E-state index in [-0.39, 0.29) is 0 Å². The Hall–Kier alpha value is -1.91. The van der Waals surface area contributed by atoms with Crippen LogP contribution >= 0.6 is 0 Å². The van der Waals surface area contributed by atoms with Crippen molar-refractivity contribution in [3.8, 4) is 0 Å². The fourth-order valence-corrected chi connectivity index (χ4v) is 3.00. The summed E-state index contributed by atoms with van der Waals surface area (Å²) in [6.45, 7) is 1.89. The first-order valence-electron chi connectivity index (χ1n) is 8.01. The van der Waals surface area contributed by atoms with Crippen molar-refractivity contribution in [1.82, 2.24) is 19.7 Å². The molecule has 4 rings (SSSR count). The molecule has 5 nitrogen and oxygen atoms in total. The molecule has 2 aliphatic carbocycles. The smallest absolute Gasteiger partial charge is 0.134 e. The number of hydrogen-bond donors (Lipinski definition) is 1. The highest BCUT2D eigenvalue weighted by molar-refractivity contribution is 5.49. The molecule has 2 aromatic rings. The van der Waals surface area contributed by atoms with E-state index in [9.17, 15) is 0 Å². The third-order valence-electron chi connectivity index (χ3n) is 4.31. The Balaban J connectivity index is 1.42. The second-order valence-corrected chi connectivity index (χ2v) is 6.03. The minimum Gasteiger partial charge on any atom is -0.370 e. The number of aryl methyl sites for hydroxylation is 2. The van der Waals surface area contributed by atoms with Crippen molar-refractivity contribution in [2.45, 2.75) is 51.0 Å². The number of anilines is 1. The number of fused-ring (bicyclic) bond motifs is 1. The van der Waals surface area contributed by atoms with E-state index in [1.807, 2.05) is 23.1 Å². The Morgan fingerprint density at radius 1 is 1.24 bits per heavy atom. The van der Waals surface area contributed by atoms with Gasteiger partial charge in [0.25, 0.3) is 0 Å². The quantitative estimate of drug-likeness (QED) is 0.828. The fourth-order valence-electron chi connectivity index (χ4n) is 3.00. The lowest BCUT2D eigenvalue weighted by atomic mass is 10.2. The van der Waals surface area contributed by atoms with Crippen LogP contribution in [0.3, 0.4) is 0 Å². The van der Waals surface area contributed by atoms with E-state index in [2.05, 4.69) is 10.4 Å². The monoisotopic (exact) mass is 283 g/mol. The van der Waals surface area contributed by atoms with Crippen LogP contribution in [-0.2, 0) is 19.4 Å². The minimum atomic E-state index is 0.625. The van der Waals surface area contributed by atoms with Crippen molar-refractivity contribution in [2.24, 2.45) is 0 Å².